The van der Waals surface area contributed by atoms with Crippen molar-refractivity contribution in [2.24, 2.45) is 5.73 Å². The van der Waals surface area contributed by atoms with Crippen molar-refractivity contribution in [3.8, 4) is 0 Å². The molecule has 0 radical (unpaired) electrons. The molecular weight excluding hydrogens is 396 g/mol. The molecule has 0 spiro atoms. The smallest absolute Gasteiger partial charge is 0.224 e. The number of aromatic nitrogens is 2. The molecule has 1 aromatic heterocycles. The highest BCUT2D eigenvalue weighted by Gasteiger charge is 2.27. The van der Waals surface area contributed by atoms with Crippen LogP contribution in [0.1, 0.15) is 36.7 Å². The second-order valence-corrected chi connectivity index (χ2v) is 9.00. The fraction of sp³-hybridized carbons (Fsp3) is 0.333. The molecule has 32 heavy (non-hydrogen) atoms. The summed E-state index contributed by atoms with van der Waals surface area (Å²) in [5.41, 5.74) is 9.77. The molecule has 1 aliphatic heterocycles. The minimum Gasteiger partial charge on any atom is -0.341 e. The van der Waals surface area contributed by atoms with Gasteiger partial charge in [-0.15, -0.1) is 0 Å². The number of nitrogens with two attached hydrogens (primary N) is 1. The number of rotatable bonds is 5. The molecule has 1 fully saturated rings. The second kappa shape index (κ2) is 8.75. The molecule has 5 rings (SSSR count). The van der Waals surface area contributed by atoms with Gasteiger partial charge in [-0.1, -0.05) is 54.6 Å². The van der Waals surface area contributed by atoms with E-state index in [4.69, 9.17) is 10.7 Å². The van der Waals surface area contributed by atoms with Crippen LogP contribution in [0.2, 0.25) is 0 Å². The predicted molar refractivity (Wildman–Crippen MR) is 130 cm³/mol. The Kier molecular flexibility index (Phi) is 5.66. The zero-order chi connectivity index (χ0) is 22.1. The number of fused-ring (bicyclic) bond motifs is 2. The van der Waals surface area contributed by atoms with Gasteiger partial charge >= 0.3 is 0 Å². The van der Waals surface area contributed by atoms with Crippen LogP contribution in [0.3, 0.4) is 0 Å². The number of aryl methyl sites for hydroxylation is 1. The van der Waals surface area contributed by atoms with Gasteiger partial charge in [-0.05, 0) is 54.7 Å². The maximum absolute atomic E-state index is 13.1. The Morgan fingerprint density at radius 3 is 2.75 bits per heavy atom. The molecule has 0 aliphatic carbocycles. The van der Waals surface area contributed by atoms with Crippen LogP contribution in [-0.2, 0) is 11.2 Å². The summed E-state index contributed by atoms with van der Waals surface area (Å²) in [6.07, 6.45) is 3.15. The second-order valence-electron chi connectivity index (χ2n) is 9.00. The molecule has 1 amide bonds. The van der Waals surface area contributed by atoms with E-state index in [9.17, 15) is 4.79 Å². The number of hydrogen-bond donors (Lipinski definition) is 1. The van der Waals surface area contributed by atoms with Crippen LogP contribution < -0.4 is 5.73 Å². The maximum Gasteiger partial charge on any atom is 0.224 e. The maximum atomic E-state index is 13.1. The van der Waals surface area contributed by atoms with Crippen LogP contribution in [0.4, 0.5) is 0 Å². The van der Waals surface area contributed by atoms with Crippen LogP contribution >= 0.6 is 0 Å². The molecule has 2 unspecified atom stereocenters. The van der Waals surface area contributed by atoms with Gasteiger partial charge in [0.05, 0.1) is 17.1 Å². The van der Waals surface area contributed by atoms with E-state index in [1.54, 1.807) is 0 Å². The largest absolute Gasteiger partial charge is 0.341 e. The fourth-order valence-corrected chi connectivity index (χ4v) is 5.11. The molecule has 4 aromatic rings. The third-order valence-electron chi connectivity index (χ3n) is 6.64. The lowest BCUT2D eigenvalue weighted by Crippen LogP contribution is -2.43. The number of carbonyl (C=O) groups is 1. The summed E-state index contributed by atoms with van der Waals surface area (Å²) in [7, 11) is 0. The van der Waals surface area contributed by atoms with Crippen molar-refractivity contribution in [2.45, 2.75) is 44.7 Å². The van der Waals surface area contributed by atoms with Gasteiger partial charge in [-0.3, -0.25) is 4.79 Å². The van der Waals surface area contributed by atoms with Crippen LogP contribution in [0.5, 0.6) is 0 Å². The number of amides is 1. The zero-order valence-corrected chi connectivity index (χ0v) is 18.6. The zero-order valence-electron chi connectivity index (χ0n) is 18.6. The quantitative estimate of drug-likeness (QED) is 0.506. The van der Waals surface area contributed by atoms with Gasteiger partial charge in [-0.25, -0.2) is 4.98 Å². The van der Waals surface area contributed by atoms with E-state index in [1.165, 1.54) is 16.3 Å². The van der Waals surface area contributed by atoms with E-state index in [2.05, 4.69) is 60.0 Å². The van der Waals surface area contributed by atoms with Crippen molar-refractivity contribution in [3.63, 3.8) is 0 Å². The van der Waals surface area contributed by atoms with Crippen LogP contribution in [0.15, 0.2) is 66.7 Å². The number of hydrogen-bond acceptors (Lipinski definition) is 3. The Balaban J connectivity index is 1.25. The monoisotopic (exact) mass is 426 g/mol. The van der Waals surface area contributed by atoms with Crippen molar-refractivity contribution in [2.75, 3.05) is 13.1 Å². The van der Waals surface area contributed by atoms with Crippen molar-refractivity contribution >= 4 is 27.7 Å². The number of nitrogens with zero attached hydrogens (tertiary/aromatic N) is 3. The van der Waals surface area contributed by atoms with E-state index in [0.717, 1.165) is 42.8 Å². The lowest BCUT2D eigenvalue weighted by Gasteiger charge is -2.35. The van der Waals surface area contributed by atoms with Crippen LogP contribution in [-0.4, -0.2) is 39.5 Å². The highest BCUT2D eigenvalue weighted by molar-refractivity contribution is 5.83. The third kappa shape index (κ3) is 4.13. The van der Waals surface area contributed by atoms with Crippen LogP contribution in [0.25, 0.3) is 21.8 Å². The van der Waals surface area contributed by atoms with Gasteiger partial charge in [0.2, 0.25) is 5.91 Å². The standard InChI is InChI=1S/C27H30N4O/c1-19-29-25-10-4-5-11-26(25)31(19)24-9-6-14-30(18-24)27(32)17-23(28)16-20-12-13-21-7-2-3-8-22(21)15-20/h2-5,7-8,10-13,15,23-24H,6,9,14,16-18,28H2,1H3. The lowest BCUT2D eigenvalue weighted by atomic mass is 9.99. The van der Waals surface area contributed by atoms with E-state index >= 15 is 0 Å². The average Bonchev–Trinajstić information content (AvgIpc) is 3.14. The Morgan fingerprint density at radius 2 is 1.88 bits per heavy atom. The molecule has 3 aromatic carbocycles. The molecule has 0 bridgehead atoms. The lowest BCUT2D eigenvalue weighted by molar-refractivity contribution is -0.133. The van der Waals surface area contributed by atoms with E-state index in [1.807, 2.05) is 23.1 Å². The Labute approximate surface area is 188 Å². The minimum absolute atomic E-state index is 0.157. The van der Waals surface area contributed by atoms with Crippen molar-refractivity contribution < 1.29 is 4.79 Å². The number of likely N-dealkylation sites (tertiary alicyclic amines) is 1. The molecular formula is C27H30N4O. The summed E-state index contributed by atoms with van der Waals surface area (Å²) in [6.45, 7) is 3.59. The molecule has 2 N–H and O–H groups in total. The normalized spacial score (nSPS) is 17.7. The molecule has 2 heterocycles. The highest BCUT2D eigenvalue weighted by Crippen LogP contribution is 2.28. The molecule has 0 saturated carbocycles. The summed E-state index contributed by atoms with van der Waals surface area (Å²) in [4.78, 5) is 19.8. The topological polar surface area (TPSA) is 64.2 Å². The van der Waals surface area contributed by atoms with Crippen molar-refractivity contribution in [1.82, 2.24) is 14.5 Å². The average molecular weight is 427 g/mol. The van der Waals surface area contributed by atoms with Gasteiger partial charge in [0, 0.05) is 25.6 Å². The Bertz CT molecular complexity index is 1260. The summed E-state index contributed by atoms with van der Waals surface area (Å²) in [6, 6.07) is 23.1. The molecule has 5 nitrogen and oxygen atoms in total. The van der Waals surface area contributed by atoms with Gasteiger partial charge < -0.3 is 15.2 Å². The molecule has 1 aliphatic rings. The summed E-state index contributed by atoms with van der Waals surface area (Å²) in [5.74, 6) is 1.17. The van der Waals surface area contributed by atoms with Crippen molar-refractivity contribution in [3.05, 3.63) is 78.1 Å². The fourth-order valence-electron chi connectivity index (χ4n) is 5.11. The number of piperidine rings is 1. The molecule has 5 heteroatoms. The summed E-state index contributed by atoms with van der Waals surface area (Å²) >= 11 is 0. The summed E-state index contributed by atoms with van der Waals surface area (Å²) < 4.78 is 2.31. The minimum atomic E-state index is -0.181. The molecule has 164 valence electrons. The van der Waals surface area contributed by atoms with E-state index in [-0.39, 0.29) is 18.0 Å². The van der Waals surface area contributed by atoms with Gasteiger partial charge in [-0.2, -0.15) is 0 Å². The van der Waals surface area contributed by atoms with E-state index in [0.29, 0.717) is 12.8 Å². The highest BCUT2D eigenvalue weighted by atomic mass is 16.2. The molecule has 2 atom stereocenters. The summed E-state index contributed by atoms with van der Waals surface area (Å²) in [5, 5.41) is 2.44. The van der Waals surface area contributed by atoms with Gasteiger partial charge in [0.1, 0.15) is 5.82 Å². The predicted octanol–water partition coefficient (Wildman–Crippen LogP) is 4.62. The first-order valence-corrected chi connectivity index (χ1v) is 11.5. The third-order valence-corrected chi connectivity index (χ3v) is 6.64. The number of para-hydroxylation sites is 2. The first kappa shape index (κ1) is 20.7. The first-order valence-electron chi connectivity index (χ1n) is 11.5. The molecule has 1 saturated heterocycles. The number of benzene rings is 3. The van der Waals surface area contributed by atoms with Gasteiger partial charge in [0.25, 0.3) is 0 Å². The Hall–Kier alpha value is -3.18. The number of imidazole rings is 1. The van der Waals surface area contributed by atoms with Crippen molar-refractivity contribution in [1.29, 1.82) is 0 Å². The van der Waals surface area contributed by atoms with Crippen LogP contribution in [0, 0.1) is 6.92 Å². The number of carbonyl (C=O) groups excluding carboxylic acids is 1. The Morgan fingerprint density at radius 1 is 1.09 bits per heavy atom. The van der Waals surface area contributed by atoms with E-state index < -0.39 is 0 Å². The SMILES string of the molecule is Cc1nc2ccccc2n1C1CCCN(C(=O)CC(N)Cc2ccc3ccccc3c2)C1. The van der Waals surface area contributed by atoms with Gasteiger partial charge in [0.15, 0.2) is 0 Å². The first-order chi connectivity index (χ1) is 15.6.